The van der Waals surface area contributed by atoms with Crippen LogP contribution in [0.1, 0.15) is 17.5 Å². The van der Waals surface area contributed by atoms with Gasteiger partial charge < -0.3 is 5.73 Å². The summed E-state index contributed by atoms with van der Waals surface area (Å²) in [6.07, 6.45) is 1.69. The van der Waals surface area contributed by atoms with Crippen LogP contribution in [0.15, 0.2) is 21.9 Å². The molecule has 1 aromatic carbocycles. The lowest BCUT2D eigenvalue weighted by molar-refractivity contribution is 0.471. The van der Waals surface area contributed by atoms with Gasteiger partial charge >= 0.3 is 0 Å². The van der Waals surface area contributed by atoms with Crippen LogP contribution in [0.5, 0.6) is 0 Å². The molecule has 0 aromatic heterocycles. The minimum absolute atomic E-state index is 0.0528. The first-order valence-electron chi connectivity index (χ1n) is 6.60. The zero-order valence-electron chi connectivity index (χ0n) is 12.3. The summed E-state index contributed by atoms with van der Waals surface area (Å²) >= 11 is 0. The van der Waals surface area contributed by atoms with Crippen molar-refractivity contribution < 1.29 is 16.8 Å². The van der Waals surface area contributed by atoms with E-state index in [-0.39, 0.29) is 27.9 Å². The highest BCUT2D eigenvalue weighted by Gasteiger charge is 2.33. The highest BCUT2D eigenvalue weighted by atomic mass is 32.2. The third-order valence-corrected chi connectivity index (χ3v) is 6.88. The molecule has 21 heavy (non-hydrogen) atoms. The molecule has 1 atom stereocenters. The van der Waals surface area contributed by atoms with Gasteiger partial charge in [0.15, 0.2) is 9.84 Å². The third kappa shape index (κ3) is 3.13. The lowest BCUT2D eigenvalue weighted by atomic mass is 10.2. The summed E-state index contributed by atoms with van der Waals surface area (Å²) in [5.41, 5.74) is 6.63. The second kappa shape index (κ2) is 5.35. The van der Waals surface area contributed by atoms with Crippen molar-refractivity contribution in [1.29, 1.82) is 0 Å². The monoisotopic (exact) mass is 332 g/mol. The van der Waals surface area contributed by atoms with E-state index < -0.39 is 19.9 Å². The fraction of sp³-hybridized carbons (Fsp3) is 0.538. The minimum atomic E-state index is -3.72. The van der Waals surface area contributed by atoms with Gasteiger partial charge in [0.1, 0.15) is 0 Å². The van der Waals surface area contributed by atoms with Crippen LogP contribution in [0.2, 0.25) is 0 Å². The predicted octanol–water partition coefficient (Wildman–Crippen LogP) is 0.429. The molecule has 6 nitrogen and oxygen atoms in total. The van der Waals surface area contributed by atoms with Crippen LogP contribution in [0.25, 0.3) is 0 Å². The molecule has 1 aromatic rings. The average Bonchev–Trinajstić information content (AvgIpc) is 2.77. The van der Waals surface area contributed by atoms with Gasteiger partial charge in [-0.15, -0.1) is 0 Å². The molecule has 1 fully saturated rings. The molecular weight excluding hydrogens is 312 g/mol. The summed E-state index contributed by atoms with van der Waals surface area (Å²) in [4.78, 5) is 0.113. The molecule has 0 radical (unpaired) electrons. The van der Waals surface area contributed by atoms with Crippen molar-refractivity contribution in [2.24, 2.45) is 5.73 Å². The molecule has 0 bridgehead atoms. The quantitative estimate of drug-likeness (QED) is 0.865. The third-order valence-electron chi connectivity index (χ3n) is 3.66. The van der Waals surface area contributed by atoms with Gasteiger partial charge in [0.25, 0.3) is 0 Å². The van der Waals surface area contributed by atoms with Gasteiger partial charge in [0, 0.05) is 25.4 Å². The summed E-state index contributed by atoms with van der Waals surface area (Å²) in [6, 6.07) is 2.85. The maximum atomic E-state index is 12.7. The second-order valence-corrected chi connectivity index (χ2v) is 9.46. The summed E-state index contributed by atoms with van der Waals surface area (Å²) in [6.45, 7) is 3.84. The molecule has 1 aliphatic heterocycles. The number of rotatable bonds is 3. The lowest BCUT2D eigenvalue weighted by Gasteiger charge is -2.19. The smallest absolute Gasteiger partial charge is 0.243 e. The van der Waals surface area contributed by atoms with Crippen molar-refractivity contribution in [3.05, 3.63) is 23.3 Å². The number of hydrogen-bond acceptors (Lipinski definition) is 5. The van der Waals surface area contributed by atoms with E-state index >= 15 is 0 Å². The Balaban J connectivity index is 2.62. The first-order valence-corrected chi connectivity index (χ1v) is 9.93. The Morgan fingerprint density at radius 2 is 1.71 bits per heavy atom. The van der Waals surface area contributed by atoms with Crippen LogP contribution in [0.3, 0.4) is 0 Å². The van der Waals surface area contributed by atoms with Crippen molar-refractivity contribution in [3.63, 3.8) is 0 Å². The van der Waals surface area contributed by atoms with E-state index in [4.69, 9.17) is 5.73 Å². The van der Waals surface area contributed by atoms with E-state index in [1.165, 1.54) is 23.4 Å². The van der Waals surface area contributed by atoms with Crippen molar-refractivity contribution >= 4 is 19.9 Å². The largest absolute Gasteiger partial charge is 0.326 e. The fourth-order valence-corrected chi connectivity index (χ4v) is 5.53. The topological polar surface area (TPSA) is 97.5 Å². The molecule has 0 spiro atoms. The van der Waals surface area contributed by atoms with E-state index in [1.807, 2.05) is 0 Å². The number of sulfonamides is 1. The van der Waals surface area contributed by atoms with Crippen molar-refractivity contribution in [2.45, 2.75) is 36.1 Å². The zero-order valence-corrected chi connectivity index (χ0v) is 14.0. The number of nitrogens with zero attached hydrogens (tertiary/aromatic N) is 1. The van der Waals surface area contributed by atoms with Crippen molar-refractivity contribution in [2.75, 3.05) is 19.3 Å². The van der Waals surface area contributed by atoms with Crippen LogP contribution < -0.4 is 5.73 Å². The van der Waals surface area contributed by atoms with E-state index in [1.54, 1.807) is 6.92 Å². The van der Waals surface area contributed by atoms with E-state index in [2.05, 4.69) is 0 Å². The Morgan fingerprint density at radius 3 is 2.19 bits per heavy atom. The summed E-state index contributed by atoms with van der Waals surface area (Å²) < 4.78 is 50.4. The molecule has 2 N–H and O–H groups in total. The summed E-state index contributed by atoms with van der Waals surface area (Å²) in [5.74, 6) is 0. The summed E-state index contributed by atoms with van der Waals surface area (Å²) in [5, 5.41) is 0. The van der Waals surface area contributed by atoms with Crippen LogP contribution in [-0.2, 0) is 19.9 Å². The lowest BCUT2D eigenvalue weighted by Crippen LogP contribution is -2.32. The number of sulfone groups is 1. The average molecular weight is 332 g/mol. The van der Waals surface area contributed by atoms with Crippen LogP contribution in [0, 0.1) is 13.8 Å². The summed E-state index contributed by atoms with van der Waals surface area (Å²) in [7, 11) is -7.20. The Labute approximate surface area is 125 Å². The van der Waals surface area contributed by atoms with Crippen LogP contribution >= 0.6 is 0 Å². The van der Waals surface area contributed by atoms with Gasteiger partial charge in [-0.2, -0.15) is 4.31 Å². The van der Waals surface area contributed by atoms with Gasteiger partial charge in [0.2, 0.25) is 10.0 Å². The molecule has 118 valence electrons. The molecule has 1 unspecified atom stereocenters. The molecule has 0 amide bonds. The standard InChI is InChI=1S/C13H20N2O4S2/c1-9-6-12(20(3,16)17)10(2)13(7-9)21(18,19)15-5-4-11(14)8-15/h6-7,11H,4-5,8,14H2,1-3H3. The van der Waals surface area contributed by atoms with Gasteiger partial charge in [-0.25, -0.2) is 16.8 Å². The Morgan fingerprint density at radius 1 is 1.14 bits per heavy atom. The molecule has 8 heteroatoms. The first-order chi connectivity index (χ1) is 9.53. The van der Waals surface area contributed by atoms with Gasteiger partial charge in [0.05, 0.1) is 9.79 Å². The number of nitrogens with two attached hydrogens (primary N) is 1. The maximum Gasteiger partial charge on any atom is 0.243 e. The predicted molar refractivity (Wildman–Crippen MR) is 80.4 cm³/mol. The second-order valence-electron chi connectivity index (χ2n) is 5.57. The fourth-order valence-electron chi connectivity index (χ4n) is 2.56. The Bertz CT molecular complexity index is 770. The van der Waals surface area contributed by atoms with Crippen LogP contribution in [-0.4, -0.2) is 46.5 Å². The number of aryl methyl sites for hydroxylation is 1. The highest BCUT2D eigenvalue weighted by Crippen LogP contribution is 2.28. The molecule has 0 aliphatic carbocycles. The highest BCUT2D eigenvalue weighted by molar-refractivity contribution is 7.91. The minimum Gasteiger partial charge on any atom is -0.326 e. The van der Waals surface area contributed by atoms with Crippen molar-refractivity contribution in [3.8, 4) is 0 Å². The molecule has 2 rings (SSSR count). The molecule has 1 heterocycles. The molecule has 0 saturated carbocycles. The Hall–Kier alpha value is -0.960. The van der Waals surface area contributed by atoms with Crippen LogP contribution in [0.4, 0.5) is 0 Å². The van der Waals surface area contributed by atoms with E-state index in [0.717, 1.165) is 6.26 Å². The normalized spacial score (nSPS) is 20.9. The number of benzene rings is 1. The molecule has 1 saturated heterocycles. The van der Waals surface area contributed by atoms with E-state index in [0.29, 0.717) is 18.5 Å². The Kier molecular flexibility index (Phi) is 4.18. The SMILES string of the molecule is Cc1cc(S(C)(=O)=O)c(C)c(S(=O)(=O)N2CCC(N)C2)c1. The van der Waals surface area contributed by atoms with E-state index in [9.17, 15) is 16.8 Å². The maximum absolute atomic E-state index is 12.7. The van der Waals surface area contributed by atoms with Gasteiger partial charge in [-0.1, -0.05) is 0 Å². The first kappa shape index (κ1) is 16.4. The van der Waals surface area contributed by atoms with Crippen molar-refractivity contribution in [1.82, 2.24) is 4.31 Å². The molecular formula is C13H20N2O4S2. The molecule has 1 aliphatic rings. The zero-order chi connectivity index (χ0) is 16.0. The van der Waals surface area contributed by atoms with Gasteiger partial charge in [-0.3, -0.25) is 0 Å². The van der Waals surface area contributed by atoms with Gasteiger partial charge in [-0.05, 0) is 43.5 Å². The number of hydrogen-bond donors (Lipinski definition) is 1.